The van der Waals surface area contributed by atoms with Gasteiger partial charge in [-0.1, -0.05) is 43.0 Å². The fourth-order valence-corrected chi connectivity index (χ4v) is 2.70. The molecule has 0 aliphatic heterocycles. The fraction of sp³-hybridized carbons (Fsp3) is 0.130. The molecule has 134 valence electrons. The highest BCUT2D eigenvalue weighted by molar-refractivity contribution is 6.04. The molecule has 0 radical (unpaired) electrons. The van der Waals surface area contributed by atoms with Crippen LogP contribution in [0.25, 0.3) is 0 Å². The maximum atomic E-state index is 13.3. The van der Waals surface area contributed by atoms with Crippen molar-refractivity contribution < 1.29 is 9.18 Å². The van der Waals surface area contributed by atoms with Crippen LogP contribution >= 0.6 is 0 Å². The molecule has 1 aromatic heterocycles. The lowest BCUT2D eigenvalue weighted by atomic mass is 9.95. The maximum absolute atomic E-state index is 13.3. The van der Waals surface area contributed by atoms with Crippen LogP contribution in [0.2, 0.25) is 0 Å². The highest BCUT2D eigenvalue weighted by atomic mass is 19.1. The predicted molar refractivity (Wildman–Crippen MR) is 105 cm³/mol. The molecule has 1 aromatic carbocycles. The van der Waals surface area contributed by atoms with Crippen LogP contribution in [0, 0.1) is 23.6 Å². The van der Waals surface area contributed by atoms with Gasteiger partial charge in [-0.2, -0.15) is 0 Å². The standard InChI is InChI=1S/C23H19FN2O/c1-2-19-13-11-17(9-10-18-6-5-7-20(24)16-18)12-14-21(19)23(27)26-22-8-3-4-15-25-22/h3-8,11-16,19H,2H2,1H3,(H,25,26,27). The molecule has 1 aliphatic carbocycles. The number of pyridine rings is 1. The normalized spacial score (nSPS) is 15.7. The minimum atomic E-state index is -0.313. The third-order valence-electron chi connectivity index (χ3n) is 4.13. The van der Waals surface area contributed by atoms with Crippen molar-refractivity contribution in [3.05, 3.63) is 95.5 Å². The maximum Gasteiger partial charge on any atom is 0.253 e. The van der Waals surface area contributed by atoms with Crippen molar-refractivity contribution in [1.29, 1.82) is 0 Å². The Morgan fingerprint density at radius 3 is 2.81 bits per heavy atom. The minimum absolute atomic E-state index is 0.0153. The van der Waals surface area contributed by atoms with Crippen LogP contribution in [0.5, 0.6) is 0 Å². The third-order valence-corrected chi connectivity index (χ3v) is 4.13. The minimum Gasteiger partial charge on any atom is -0.307 e. The first-order valence-corrected chi connectivity index (χ1v) is 8.76. The zero-order chi connectivity index (χ0) is 19.1. The molecular formula is C23H19FN2O. The van der Waals surface area contributed by atoms with E-state index in [9.17, 15) is 9.18 Å². The Bertz CT molecular complexity index is 978. The van der Waals surface area contributed by atoms with Gasteiger partial charge in [0.2, 0.25) is 0 Å². The Kier molecular flexibility index (Phi) is 5.96. The summed E-state index contributed by atoms with van der Waals surface area (Å²) >= 11 is 0. The number of carbonyl (C=O) groups excluding carboxylic acids is 1. The molecule has 4 heteroatoms. The Hall–Kier alpha value is -3.45. The number of halogens is 1. The Balaban J connectivity index is 1.82. The third kappa shape index (κ3) is 5.02. The van der Waals surface area contributed by atoms with Gasteiger partial charge in [0, 0.05) is 28.8 Å². The second-order valence-corrected chi connectivity index (χ2v) is 6.05. The molecule has 1 atom stereocenters. The van der Waals surface area contributed by atoms with Crippen molar-refractivity contribution in [3.63, 3.8) is 0 Å². The van der Waals surface area contributed by atoms with Gasteiger partial charge in [-0.25, -0.2) is 9.37 Å². The molecule has 2 aromatic rings. The van der Waals surface area contributed by atoms with E-state index in [1.165, 1.54) is 12.1 Å². The second kappa shape index (κ2) is 8.77. The molecule has 1 aliphatic rings. The summed E-state index contributed by atoms with van der Waals surface area (Å²) in [4.78, 5) is 16.8. The second-order valence-electron chi connectivity index (χ2n) is 6.05. The van der Waals surface area contributed by atoms with Gasteiger partial charge in [0.25, 0.3) is 5.91 Å². The SMILES string of the molecule is CCC1C=CC(C#Cc2cccc(F)c2)=CC=C1C(=O)Nc1ccccn1. The first-order valence-electron chi connectivity index (χ1n) is 8.76. The van der Waals surface area contributed by atoms with Crippen LogP contribution < -0.4 is 5.32 Å². The van der Waals surface area contributed by atoms with E-state index in [4.69, 9.17) is 0 Å². The van der Waals surface area contributed by atoms with E-state index in [0.717, 1.165) is 12.0 Å². The smallest absolute Gasteiger partial charge is 0.253 e. The van der Waals surface area contributed by atoms with Crippen LogP contribution in [-0.2, 0) is 4.79 Å². The number of aromatic nitrogens is 1. The number of hydrogen-bond donors (Lipinski definition) is 1. The lowest BCUT2D eigenvalue weighted by Gasteiger charge is -2.13. The van der Waals surface area contributed by atoms with Gasteiger partial charge in [-0.3, -0.25) is 4.79 Å². The van der Waals surface area contributed by atoms with Gasteiger partial charge in [0.1, 0.15) is 11.6 Å². The number of nitrogens with one attached hydrogen (secondary N) is 1. The molecule has 0 spiro atoms. The number of rotatable bonds is 3. The van der Waals surface area contributed by atoms with Gasteiger partial charge >= 0.3 is 0 Å². The van der Waals surface area contributed by atoms with Crippen LogP contribution in [0.15, 0.2) is 84.1 Å². The van der Waals surface area contributed by atoms with E-state index in [1.54, 1.807) is 36.5 Å². The molecule has 27 heavy (non-hydrogen) atoms. The fourth-order valence-electron chi connectivity index (χ4n) is 2.70. The van der Waals surface area contributed by atoms with E-state index >= 15 is 0 Å². The lowest BCUT2D eigenvalue weighted by Crippen LogP contribution is -2.19. The van der Waals surface area contributed by atoms with Crippen molar-refractivity contribution in [2.75, 3.05) is 5.32 Å². The number of allylic oxidation sites excluding steroid dienone is 5. The molecule has 0 fully saturated rings. The molecule has 1 heterocycles. The van der Waals surface area contributed by atoms with Crippen LogP contribution in [-0.4, -0.2) is 10.9 Å². The highest BCUT2D eigenvalue weighted by Crippen LogP contribution is 2.22. The van der Waals surface area contributed by atoms with Crippen molar-refractivity contribution >= 4 is 11.7 Å². The zero-order valence-electron chi connectivity index (χ0n) is 14.9. The number of hydrogen-bond acceptors (Lipinski definition) is 2. The predicted octanol–water partition coefficient (Wildman–Crippen LogP) is 4.66. The van der Waals surface area contributed by atoms with Crippen LogP contribution in [0.4, 0.5) is 10.2 Å². The lowest BCUT2D eigenvalue weighted by molar-refractivity contribution is -0.113. The van der Waals surface area contributed by atoms with Crippen molar-refractivity contribution in [2.45, 2.75) is 13.3 Å². The summed E-state index contributed by atoms with van der Waals surface area (Å²) in [5.74, 6) is 5.99. The molecule has 0 saturated carbocycles. The average Bonchev–Trinajstić information content (AvgIpc) is 2.89. The summed E-state index contributed by atoms with van der Waals surface area (Å²) in [5.41, 5.74) is 2.03. The van der Waals surface area contributed by atoms with Crippen molar-refractivity contribution in [3.8, 4) is 11.8 Å². The van der Waals surface area contributed by atoms with E-state index < -0.39 is 0 Å². The first-order chi connectivity index (χ1) is 13.2. The average molecular weight is 358 g/mol. The first kappa shape index (κ1) is 18.3. The highest BCUT2D eigenvalue weighted by Gasteiger charge is 2.18. The van der Waals surface area contributed by atoms with E-state index in [0.29, 0.717) is 17.0 Å². The molecule has 1 unspecified atom stereocenters. The van der Waals surface area contributed by atoms with Gasteiger partial charge in [0.05, 0.1) is 0 Å². The molecule has 1 N–H and O–H groups in total. The van der Waals surface area contributed by atoms with E-state index in [-0.39, 0.29) is 17.6 Å². The van der Waals surface area contributed by atoms with Crippen molar-refractivity contribution in [2.24, 2.45) is 5.92 Å². The summed E-state index contributed by atoms with van der Waals surface area (Å²) in [6.07, 6.45) is 9.90. The largest absolute Gasteiger partial charge is 0.307 e. The molecule has 1 amide bonds. The van der Waals surface area contributed by atoms with Crippen LogP contribution in [0.3, 0.4) is 0 Å². The molecule has 3 nitrogen and oxygen atoms in total. The van der Waals surface area contributed by atoms with Gasteiger partial charge in [0.15, 0.2) is 0 Å². The molecule has 0 bridgehead atoms. The Morgan fingerprint density at radius 1 is 1.19 bits per heavy atom. The number of anilines is 1. The van der Waals surface area contributed by atoms with Crippen molar-refractivity contribution in [1.82, 2.24) is 4.98 Å². The Morgan fingerprint density at radius 2 is 2.07 bits per heavy atom. The van der Waals surface area contributed by atoms with Gasteiger partial charge in [-0.15, -0.1) is 0 Å². The topological polar surface area (TPSA) is 42.0 Å². The zero-order valence-corrected chi connectivity index (χ0v) is 14.9. The molecular weight excluding hydrogens is 339 g/mol. The Labute approximate surface area is 158 Å². The number of carbonyl (C=O) groups is 1. The monoisotopic (exact) mass is 358 g/mol. The summed E-state index contributed by atoms with van der Waals surface area (Å²) in [5, 5.41) is 2.82. The van der Waals surface area contributed by atoms with Crippen LogP contribution in [0.1, 0.15) is 18.9 Å². The number of nitrogens with zero attached hydrogens (tertiary/aromatic N) is 1. The van der Waals surface area contributed by atoms with Gasteiger partial charge < -0.3 is 5.32 Å². The molecule has 0 saturated heterocycles. The quantitative estimate of drug-likeness (QED) is 0.811. The number of amides is 1. The summed E-state index contributed by atoms with van der Waals surface area (Å²) in [6, 6.07) is 11.5. The van der Waals surface area contributed by atoms with Gasteiger partial charge in [-0.05, 0) is 48.9 Å². The van der Waals surface area contributed by atoms with E-state index in [1.807, 2.05) is 31.2 Å². The summed E-state index contributed by atoms with van der Waals surface area (Å²) < 4.78 is 13.3. The molecule has 3 rings (SSSR count). The number of benzene rings is 1. The summed E-state index contributed by atoms with van der Waals surface area (Å²) in [7, 11) is 0. The van der Waals surface area contributed by atoms with E-state index in [2.05, 4.69) is 22.1 Å². The summed E-state index contributed by atoms with van der Waals surface area (Å²) in [6.45, 7) is 2.03.